The Bertz CT molecular complexity index is 2010. The number of anilines is 1. The Balaban J connectivity index is 1.23. The second kappa shape index (κ2) is 10.9. The molecule has 2 N–H and O–H groups in total. The average Bonchev–Trinajstić information content (AvgIpc) is 3.87. The molecule has 9 heterocycles. The minimum Gasteiger partial charge on any atom is -0.461 e. The first kappa shape index (κ1) is 29.0. The van der Waals surface area contributed by atoms with E-state index in [0.29, 0.717) is 67.3 Å². The summed E-state index contributed by atoms with van der Waals surface area (Å²) < 4.78 is 44.1. The Morgan fingerprint density at radius 1 is 1.11 bits per heavy atom. The third kappa shape index (κ3) is 4.68. The number of alkyl halides is 1. The Hall–Kier alpha value is -4.23. The molecule has 3 saturated heterocycles. The van der Waals surface area contributed by atoms with Gasteiger partial charge in [0, 0.05) is 55.5 Å². The number of H-pyrrole nitrogens is 1. The number of nitrogens with zero attached hydrogens (tertiary/aromatic N) is 7. The lowest BCUT2D eigenvalue weighted by molar-refractivity contribution is 0.0710. The molecule has 5 aliphatic heterocycles. The fourth-order valence-electron chi connectivity index (χ4n) is 8.50. The van der Waals surface area contributed by atoms with Crippen molar-refractivity contribution in [3.05, 3.63) is 53.3 Å². The lowest BCUT2D eigenvalue weighted by atomic mass is 9.91. The molecule has 47 heavy (non-hydrogen) atoms. The first-order valence-electron chi connectivity index (χ1n) is 16.6. The number of hydrogen-bond acceptors (Lipinski definition) is 10. The van der Waals surface area contributed by atoms with Gasteiger partial charge < -0.3 is 19.2 Å². The molecule has 4 aromatic heterocycles. The predicted molar refractivity (Wildman–Crippen MR) is 169 cm³/mol. The highest BCUT2D eigenvalue weighted by Gasteiger charge is 2.49. The zero-order valence-corrected chi connectivity index (χ0v) is 26.2. The van der Waals surface area contributed by atoms with Crippen LogP contribution in [0.4, 0.5) is 14.6 Å². The molecule has 0 unspecified atom stereocenters. The van der Waals surface area contributed by atoms with E-state index in [9.17, 15) is 9.50 Å². The Morgan fingerprint density at radius 3 is 2.94 bits per heavy atom. The quantitative estimate of drug-likeness (QED) is 0.277. The minimum absolute atomic E-state index is 0.0474. The summed E-state index contributed by atoms with van der Waals surface area (Å²) >= 11 is 0. The number of aryl methyl sites for hydroxylation is 2. The van der Waals surface area contributed by atoms with Gasteiger partial charge in [-0.05, 0) is 62.8 Å². The maximum Gasteiger partial charge on any atom is 0.319 e. The van der Waals surface area contributed by atoms with Crippen LogP contribution in [-0.4, -0.2) is 84.6 Å². The van der Waals surface area contributed by atoms with Gasteiger partial charge in [0.1, 0.15) is 41.7 Å². The van der Waals surface area contributed by atoms with Crippen molar-refractivity contribution in [2.24, 2.45) is 5.92 Å². The molecule has 10 rings (SSSR count). The van der Waals surface area contributed by atoms with Gasteiger partial charge in [0.15, 0.2) is 5.82 Å². The number of ether oxygens (including phenoxy) is 1. The van der Waals surface area contributed by atoms with E-state index in [-0.39, 0.29) is 29.7 Å². The summed E-state index contributed by atoms with van der Waals surface area (Å²) in [5.41, 5.74) is 3.15. The topological polar surface area (TPSA) is 129 Å². The van der Waals surface area contributed by atoms with Crippen LogP contribution >= 0.6 is 0 Å². The highest BCUT2D eigenvalue weighted by Crippen LogP contribution is 2.42. The second-order valence-electron chi connectivity index (χ2n) is 13.7. The van der Waals surface area contributed by atoms with Crippen LogP contribution < -0.4 is 9.64 Å². The van der Waals surface area contributed by atoms with E-state index >= 15 is 4.39 Å². The fraction of sp³-hybridized carbons (Fsp3) is 0.500. The number of hydrogen-bond donors (Lipinski definition) is 2. The van der Waals surface area contributed by atoms with E-state index in [0.717, 1.165) is 54.3 Å². The van der Waals surface area contributed by atoms with Crippen molar-refractivity contribution in [1.82, 2.24) is 35.0 Å². The molecule has 13 heteroatoms. The summed E-state index contributed by atoms with van der Waals surface area (Å²) in [4.78, 5) is 23.0. The number of nitrogens with one attached hydrogen (secondary N) is 1. The molecule has 0 spiro atoms. The zero-order chi connectivity index (χ0) is 31.9. The van der Waals surface area contributed by atoms with Gasteiger partial charge >= 0.3 is 6.01 Å². The molecule has 11 nitrogen and oxygen atoms in total. The van der Waals surface area contributed by atoms with Crippen molar-refractivity contribution >= 4 is 27.6 Å². The highest BCUT2D eigenvalue weighted by atomic mass is 19.1. The number of piperidine rings is 1. The summed E-state index contributed by atoms with van der Waals surface area (Å²) in [5.74, 6) is 0.694. The number of aliphatic hydroxyl groups excluding tert-OH is 1. The zero-order valence-electron chi connectivity index (χ0n) is 26.2. The predicted octanol–water partition coefficient (Wildman–Crippen LogP) is 5.01. The first-order chi connectivity index (χ1) is 22.9. The lowest BCUT2D eigenvalue weighted by Crippen LogP contribution is -2.43. The average molecular weight is 643 g/mol. The molecule has 0 amide bonds. The third-order valence-corrected chi connectivity index (χ3v) is 10.8. The van der Waals surface area contributed by atoms with Gasteiger partial charge in [-0.2, -0.15) is 15.1 Å². The minimum atomic E-state index is -0.909. The number of aromatic amines is 1. The number of halogens is 2. The Labute approximate surface area is 269 Å². The molecule has 0 radical (unpaired) electrons. The van der Waals surface area contributed by atoms with Crippen molar-refractivity contribution in [2.45, 2.75) is 69.7 Å². The van der Waals surface area contributed by atoms with Crippen LogP contribution in [0, 0.1) is 18.7 Å². The second-order valence-corrected chi connectivity index (χ2v) is 13.7. The van der Waals surface area contributed by atoms with E-state index in [4.69, 9.17) is 19.1 Å². The van der Waals surface area contributed by atoms with Gasteiger partial charge in [-0.1, -0.05) is 0 Å². The van der Waals surface area contributed by atoms with Crippen molar-refractivity contribution < 1.29 is 23.0 Å². The number of aromatic nitrogens is 6. The summed E-state index contributed by atoms with van der Waals surface area (Å²) in [6.07, 6.45) is 8.02. The molecule has 8 bridgehead atoms. The van der Waals surface area contributed by atoms with E-state index in [1.54, 1.807) is 18.6 Å². The monoisotopic (exact) mass is 642 g/mol. The third-order valence-electron chi connectivity index (χ3n) is 10.8. The molecule has 1 aromatic carbocycles. The van der Waals surface area contributed by atoms with Gasteiger partial charge in [0.05, 0.1) is 28.8 Å². The van der Waals surface area contributed by atoms with Crippen LogP contribution in [0.25, 0.3) is 33.1 Å². The van der Waals surface area contributed by atoms with Crippen molar-refractivity contribution in [3.8, 4) is 17.3 Å². The number of rotatable bonds is 3. The van der Waals surface area contributed by atoms with Crippen molar-refractivity contribution in [2.75, 3.05) is 37.7 Å². The largest absolute Gasteiger partial charge is 0.461 e. The van der Waals surface area contributed by atoms with Gasteiger partial charge in [-0.15, -0.1) is 0 Å². The lowest BCUT2D eigenvalue weighted by Gasteiger charge is -2.35. The molecular weight excluding hydrogens is 606 g/mol. The summed E-state index contributed by atoms with van der Waals surface area (Å²) in [7, 11) is 0. The van der Waals surface area contributed by atoms with Crippen LogP contribution in [0.3, 0.4) is 0 Å². The number of fused-ring (bicyclic) bond motifs is 4. The van der Waals surface area contributed by atoms with Gasteiger partial charge in [-0.25, -0.2) is 13.8 Å². The summed E-state index contributed by atoms with van der Waals surface area (Å²) in [5, 5.41) is 19.9. The van der Waals surface area contributed by atoms with E-state index in [1.165, 1.54) is 0 Å². The highest BCUT2D eigenvalue weighted by molar-refractivity contribution is 5.99. The van der Waals surface area contributed by atoms with Crippen molar-refractivity contribution in [1.29, 1.82) is 0 Å². The summed E-state index contributed by atoms with van der Waals surface area (Å²) in [6.45, 7) is 4.55. The smallest absolute Gasteiger partial charge is 0.319 e. The number of pyridine rings is 1. The van der Waals surface area contributed by atoms with Crippen LogP contribution in [0.5, 0.6) is 6.01 Å². The van der Waals surface area contributed by atoms with E-state index in [2.05, 4.69) is 25.1 Å². The number of oxazole rings is 1. The van der Waals surface area contributed by atoms with Crippen LogP contribution in [0.1, 0.15) is 61.0 Å². The molecular formula is C34H36F2N8O3. The standard InChI is InChI=1S/C34H36F2N8O3/c1-18-10-25-23(14-39-42-25)26-22(18)6-5-21-12-38-32(47-21)30(45)19-4-2-8-43(15-19)31-24-13-37-29(26)27(36)28(24)40-33(41-31)46-17-34-7-3-9-44(34)16-20(35)11-34/h10,12-14,19-20,30,45H,2-9,11,15-17H2,1H3,(H,39,42)/t19-,20-,30+,34+/m1/s1. The maximum absolute atomic E-state index is 17.1. The van der Waals surface area contributed by atoms with E-state index < -0.39 is 23.6 Å². The maximum atomic E-state index is 17.1. The first-order valence-corrected chi connectivity index (χ1v) is 16.6. The number of benzene rings is 1. The Kier molecular flexibility index (Phi) is 6.72. The van der Waals surface area contributed by atoms with Crippen molar-refractivity contribution in [3.63, 3.8) is 0 Å². The van der Waals surface area contributed by atoms with E-state index in [1.807, 2.05) is 17.9 Å². The molecule has 5 aliphatic rings. The molecule has 3 fully saturated rings. The van der Waals surface area contributed by atoms with Gasteiger partial charge in [-0.3, -0.25) is 15.0 Å². The van der Waals surface area contributed by atoms with Crippen LogP contribution in [0.15, 0.2) is 29.1 Å². The number of aliphatic hydroxyl groups is 1. The molecule has 5 aromatic rings. The molecule has 244 valence electrons. The van der Waals surface area contributed by atoms with Crippen LogP contribution in [0.2, 0.25) is 0 Å². The molecule has 4 atom stereocenters. The van der Waals surface area contributed by atoms with Crippen LogP contribution in [-0.2, 0) is 12.8 Å². The molecule has 0 aliphatic carbocycles. The van der Waals surface area contributed by atoms with Gasteiger partial charge in [0.2, 0.25) is 5.89 Å². The SMILES string of the molecule is Cc1cc2[nH]ncc2c2c1CCc1cnc(o1)[C@@H](O)[C@@H]1CCCN(C1)c1nc(OC[C@@]34CCCN3C[C@H](F)C4)nc3c(F)c-2ncc13. The van der Waals surface area contributed by atoms with Gasteiger partial charge in [0.25, 0.3) is 0 Å². The normalized spacial score (nSPS) is 26.0. The fourth-order valence-corrected chi connectivity index (χ4v) is 8.50. The molecule has 0 saturated carbocycles. The Morgan fingerprint density at radius 2 is 2.02 bits per heavy atom. The summed E-state index contributed by atoms with van der Waals surface area (Å²) in [6, 6.07) is 2.05.